The van der Waals surface area contributed by atoms with Crippen LogP contribution in [-0.4, -0.2) is 26.3 Å². The molecule has 0 radical (unpaired) electrons. The zero-order chi connectivity index (χ0) is 17.3. The molecule has 3 aromatic rings. The Morgan fingerprint density at radius 2 is 2.21 bits per heavy atom. The maximum Gasteiger partial charge on any atom is 0.297 e. The molecule has 1 aromatic carbocycles. The minimum atomic E-state index is -0.706. The van der Waals surface area contributed by atoms with E-state index >= 15 is 0 Å². The van der Waals surface area contributed by atoms with E-state index in [1.165, 1.54) is 35.8 Å². The van der Waals surface area contributed by atoms with Crippen LogP contribution >= 0.6 is 0 Å². The van der Waals surface area contributed by atoms with E-state index in [1.807, 2.05) is 0 Å². The number of halogens is 1. The van der Waals surface area contributed by atoms with Gasteiger partial charge >= 0.3 is 0 Å². The van der Waals surface area contributed by atoms with Crippen molar-refractivity contribution >= 4 is 17.4 Å². The molecular formula is C16H14FN5O2. The molecule has 0 spiro atoms. The van der Waals surface area contributed by atoms with Crippen molar-refractivity contribution in [2.75, 3.05) is 0 Å². The smallest absolute Gasteiger partial charge is 0.297 e. The number of aromatic nitrogens is 3. The summed E-state index contributed by atoms with van der Waals surface area (Å²) in [6, 6.07) is 7.36. The summed E-state index contributed by atoms with van der Waals surface area (Å²) in [7, 11) is 0. The molecule has 2 heterocycles. The average Bonchev–Trinajstić information content (AvgIpc) is 2.98. The number of carbonyl (C=O) groups is 1. The minimum absolute atomic E-state index is 0.0474. The van der Waals surface area contributed by atoms with E-state index in [9.17, 15) is 14.0 Å². The molecule has 0 saturated carbocycles. The number of fused-ring (bicyclic) bond motifs is 1. The minimum Gasteiger partial charge on any atom is -0.387 e. The molecule has 8 heteroatoms. The Balaban J connectivity index is 2.19. The molecule has 0 fully saturated rings. The number of benzene rings is 1. The number of H-pyrrole nitrogens is 1. The average molecular weight is 327 g/mol. The Labute approximate surface area is 135 Å². The molecule has 122 valence electrons. The van der Waals surface area contributed by atoms with Gasteiger partial charge in [-0.3, -0.25) is 14.7 Å². The van der Waals surface area contributed by atoms with Crippen LogP contribution in [0.15, 0.2) is 46.3 Å². The fraction of sp³-hybridized carbons (Fsp3) is 0.125. The molecule has 2 aromatic heterocycles. The standard InChI is InChI=1S/C16H14FN5O2/c1-9(18)20-15(23)14-12(8-10-3-2-4-11(17)7-10)16(24)22-13(21-14)5-6-19-22/h2-7,19H,8H2,1H3,(H2,18,20,23). The quantitative estimate of drug-likeness (QED) is 0.558. The van der Waals surface area contributed by atoms with Crippen molar-refractivity contribution < 1.29 is 9.18 Å². The molecule has 0 aliphatic heterocycles. The molecule has 0 saturated heterocycles. The molecule has 0 aliphatic carbocycles. The van der Waals surface area contributed by atoms with E-state index in [4.69, 9.17) is 5.73 Å². The van der Waals surface area contributed by atoms with Crippen LogP contribution in [0.4, 0.5) is 4.39 Å². The van der Waals surface area contributed by atoms with E-state index < -0.39 is 17.3 Å². The lowest BCUT2D eigenvalue weighted by Crippen LogP contribution is -2.25. The first-order valence-electron chi connectivity index (χ1n) is 7.14. The maximum atomic E-state index is 13.4. The van der Waals surface area contributed by atoms with Crippen molar-refractivity contribution in [3.63, 3.8) is 0 Å². The molecule has 1 amide bonds. The Morgan fingerprint density at radius 1 is 1.42 bits per heavy atom. The van der Waals surface area contributed by atoms with Gasteiger partial charge in [0.25, 0.3) is 11.5 Å². The largest absolute Gasteiger partial charge is 0.387 e. The highest BCUT2D eigenvalue weighted by atomic mass is 19.1. The maximum absolute atomic E-state index is 13.4. The van der Waals surface area contributed by atoms with Gasteiger partial charge < -0.3 is 5.73 Å². The lowest BCUT2D eigenvalue weighted by atomic mass is 10.0. The monoisotopic (exact) mass is 327 g/mol. The van der Waals surface area contributed by atoms with Gasteiger partial charge in [0.2, 0.25) is 0 Å². The van der Waals surface area contributed by atoms with Crippen molar-refractivity contribution in [2.24, 2.45) is 10.7 Å². The van der Waals surface area contributed by atoms with Crippen molar-refractivity contribution in [2.45, 2.75) is 13.3 Å². The number of amides is 1. The van der Waals surface area contributed by atoms with Crippen molar-refractivity contribution in [1.82, 2.24) is 14.6 Å². The Bertz CT molecular complexity index is 1010. The van der Waals surface area contributed by atoms with Crippen LogP contribution in [0.5, 0.6) is 0 Å². The molecule has 3 N–H and O–H groups in total. The van der Waals surface area contributed by atoms with Crippen LogP contribution in [0.1, 0.15) is 28.5 Å². The topological polar surface area (TPSA) is 106 Å². The second-order valence-corrected chi connectivity index (χ2v) is 5.27. The van der Waals surface area contributed by atoms with E-state index in [2.05, 4.69) is 15.1 Å². The number of aliphatic imine (C=N–C) groups is 1. The van der Waals surface area contributed by atoms with E-state index in [0.717, 1.165) is 0 Å². The van der Waals surface area contributed by atoms with E-state index in [1.54, 1.807) is 12.1 Å². The van der Waals surface area contributed by atoms with Crippen LogP contribution in [0.3, 0.4) is 0 Å². The number of nitrogens with one attached hydrogen (secondary N) is 1. The third-order valence-electron chi connectivity index (χ3n) is 3.39. The SMILES string of the molecule is CC(N)=NC(=O)c1nc2cc[nH]n2c(=O)c1Cc1cccc(F)c1. The second kappa shape index (κ2) is 6.07. The summed E-state index contributed by atoms with van der Waals surface area (Å²) in [6.45, 7) is 1.46. The van der Waals surface area contributed by atoms with Gasteiger partial charge in [-0.25, -0.2) is 13.9 Å². The van der Waals surface area contributed by atoms with E-state index in [-0.39, 0.29) is 29.2 Å². The molecular weight excluding hydrogens is 313 g/mol. The highest BCUT2D eigenvalue weighted by Crippen LogP contribution is 2.13. The second-order valence-electron chi connectivity index (χ2n) is 5.27. The zero-order valence-electron chi connectivity index (χ0n) is 12.8. The van der Waals surface area contributed by atoms with Gasteiger partial charge in [-0.05, 0) is 24.6 Å². The number of nitrogens with two attached hydrogens (primary N) is 1. The highest BCUT2D eigenvalue weighted by molar-refractivity contribution is 6.02. The number of carbonyl (C=O) groups excluding carboxylic acids is 1. The summed E-state index contributed by atoms with van der Waals surface area (Å²) in [5.41, 5.74) is 5.87. The van der Waals surface area contributed by atoms with Gasteiger partial charge in [0.15, 0.2) is 5.65 Å². The van der Waals surface area contributed by atoms with Crippen LogP contribution in [0.25, 0.3) is 5.65 Å². The first-order valence-corrected chi connectivity index (χ1v) is 7.14. The summed E-state index contributed by atoms with van der Waals surface area (Å²) in [6.07, 6.45) is 1.58. The van der Waals surface area contributed by atoms with Gasteiger partial charge in [0.05, 0.1) is 5.56 Å². The van der Waals surface area contributed by atoms with Gasteiger partial charge in [-0.1, -0.05) is 12.1 Å². The van der Waals surface area contributed by atoms with Crippen LogP contribution in [-0.2, 0) is 6.42 Å². The number of aromatic amines is 1. The number of nitrogens with zero attached hydrogens (tertiary/aromatic N) is 3. The Hall–Kier alpha value is -3.29. The normalized spacial score (nSPS) is 11.8. The van der Waals surface area contributed by atoms with Crippen molar-refractivity contribution in [1.29, 1.82) is 0 Å². The fourth-order valence-electron chi connectivity index (χ4n) is 2.40. The lowest BCUT2D eigenvalue weighted by Gasteiger charge is -2.07. The lowest BCUT2D eigenvalue weighted by molar-refractivity contribution is 0.0997. The van der Waals surface area contributed by atoms with Gasteiger partial charge in [0, 0.05) is 18.7 Å². The first kappa shape index (κ1) is 15.6. The van der Waals surface area contributed by atoms with Gasteiger partial charge in [-0.15, -0.1) is 0 Å². The number of hydrogen-bond acceptors (Lipinski definition) is 3. The first-order chi connectivity index (χ1) is 11.5. The third kappa shape index (κ3) is 2.94. The Kier molecular flexibility index (Phi) is 3.95. The van der Waals surface area contributed by atoms with Crippen LogP contribution < -0.4 is 11.3 Å². The number of hydrogen-bond donors (Lipinski definition) is 2. The highest BCUT2D eigenvalue weighted by Gasteiger charge is 2.19. The molecule has 0 aliphatic rings. The fourth-order valence-corrected chi connectivity index (χ4v) is 2.40. The Morgan fingerprint density at radius 3 is 2.92 bits per heavy atom. The van der Waals surface area contributed by atoms with Crippen LogP contribution in [0.2, 0.25) is 0 Å². The molecule has 0 atom stereocenters. The van der Waals surface area contributed by atoms with Gasteiger partial charge in [-0.2, -0.15) is 4.99 Å². The number of amidine groups is 1. The molecule has 24 heavy (non-hydrogen) atoms. The van der Waals surface area contributed by atoms with E-state index in [0.29, 0.717) is 5.56 Å². The summed E-state index contributed by atoms with van der Waals surface area (Å²) in [5.74, 6) is -1.07. The predicted molar refractivity (Wildman–Crippen MR) is 86.6 cm³/mol. The molecule has 0 bridgehead atoms. The number of rotatable bonds is 3. The zero-order valence-corrected chi connectivity index (χ0v) is 12.8. The van der Waals surface area contributed by atoms with Crippen LogP contribution in [0, 0.1) is 5.82 Å². The summed E-state index contributed by atoms with van der Waals surface area (Å²) >= 11 is 0. The summed E-state index contributed by atoms with van der Waals surface area (Å²) in [4.78, 5) is 32.8. The van der Waals surface area contributed by atoms with Gasteiger partial charge in [0.1, 0.15) is 17.3 Å². The summed E-state index contributed by atoms with van der Waals surface area (Å²) in [5, 5.41) is 2.73. The molecule has 0 unspecified atom stereocenters. The summed E-state index contributed by atoms with van der Waals surface area (Å²) < 4.78 is 14.6. The third-order valence-corrected chi connectivity index (χ3v) is 3.39. The molecule has 7 nitrogen and oxygen atoms in total. The van der Waals surface area contributed by atoms with Crippen molar-refractivity contribution in [3.8, 4) is 0 Å². The predicted octanol–water partition coefficient (Wildman–Crippen LogP) is 1.27. The van der Waals surface area contributed by atoms with Crippen molar-refractivity contribution in [3.05, 3.63) is 69.5 Å². The molecule has 3 rings (SSSR count).